The van der Waals surface area contributed by atoms with Crippen LogP contribution in [0.3, 0.4) is 0 Å². The summed E-state index contributed by atoms with van der Waals surface area (Å²) in [6.07, 6.45) is 1.20. The molecule has 1 N–H and O–H groups in total. The second-order valence-electron chi connectivity index (χ2n) is 5.10. The molecular weight excluding hydrogens is 205 g/mol. The highest BCUT2D eigenvalue weighted by Crippen LogP contribution is 2.44. The molecule has 2 nitrogen and oxygen atoms in total. The molecule has 0 spiro atoms. The molecule has 1 aliphatic rings. The summed E-state index contributed by atoms with van der Waals surface area (Å²) in [7, 11) is 1.48. The molecule has 0 radical (unpaired) electrons. The maximum atomic E-state index is 13.4. The van der Waals surface area contributed by atoms with Crippen molar-refractivity contribution in [3.05, 3.63) is 29.6 Å². The fourth-order valence-electron chi connectivity index (χ4n) is 1.88. The molecule has 1 fully saturated rings. The van der Waals surface area contributed by atoms with Gasteiger partial charge >= 0.3 is 0 Å². The lowest BCUT2D eigenvalue weighted by Crippen LogP contribution is -2.19. The molecule has 88 valence electrons. The van der Waals surface area contributed by atoms with E-state index in [0.717, 1.165) is 12.1 Å². The van der Waals surface area contributed by atoms with Crippen molar-refractivity contribution in [2.75, 3.05) is 7.11 Å². The maximum absolute atomic E-state index is 13.4. The predicted molar refractivity (Wildman–Crippen MR) is 62.0 cm³/mol. The summed E-state index contributed by atoms with van der Waals surface area (Å²) >= 11 is 0. The smallest absolute Gasteiger partial charge is 0.165 e. The van der Waals surface area contributed by atoms with E-state index in [4.69, 9.17) is 4.74 Å². The lowest BCUT2D eigenvalue weighted by Gasteiger charge is -2.08. The van der Waals surface area contributed by atoms with E-state index in [1.54, 1.807) is 6.07 Å². The van der Waals surface area contributed by atoms with Crippen molar-refractivity contribution >= 4 is 0 Å². The molecule has 3 heteroatoms. The molecule has 0 heterocycles. The first-order valence-corrected chi connectivity index (χ1v) is 5.59. The summed E-state index contributed by atoms with van der Waals surface area (Å²) in [6, 6.07) is 5.66. The Bertz CT molecular complexity index is 390. The van der Waals surface area contributed by atoms with Crippen LogP contribution in [0.5, 0.6) is 5.75 Å². The lowest BCUT2D eigenvalue weighted by atomic mass is 10.1. The van der Waals surface area contributed by atoms with Crippen LogP contribution in [-0.4, -0.2) is 13.2 Å². The Labute approximate surface area is 95.8 Å². The van der Waals surface area contributed by atoms with Crippen LogP contribution in [0.2, 0.25) is 0 Å². The minimum atomic E-state index is -0.295. The second-order valence-corrected chi connectivity index (χ2v) is 5.10. The van der Waals surface area contributed by atoms with Crippen molar-refractivity contribution in [1.82, 2.24) is 5.32 Å². The average molecular weight is 223 g/mol. The maximum Gasteiger partial charge on any atom is 0.165 e. The summed E-state index contributed by atoms with van der Waals surface area (Å²) < 4.78 is 18.3. The van der Waals surface area contributed by atoms with Crippen LogP contribution in [0.4, 0.5) is 4.39 Å². The highest BCUT2D eigenvalue weighted by Gasteiger charge is 2.44. The molecular formula is C13H18FNO. The molecule has 1 aromatic rings. The predicted octanol–water partition coefficient (Wildman–Crippen LogP) is 2.72. The summed E-state index contributed by atoms with van der Waals surface area (Å²) in [6.45, 7) is 5.19. The van der Waals surface area contributed by atoms with Crippen LogP contribution in [0.25, 0.3) is 0 Å². The summed E-state index contributed by atoms with van der Waals surface area (Å²) in [5.41, 5.74) is 1.37. The van der Waals surface area contributed by atoms with E-state index in [9.17, 15) is 4.39 Å². The van der Waals surface area contributed by atoms with Crippen LogP contribution in [-0.2, 0) is 6.54 Å². The van der Waals surface area contributed by atoms with E-state index in [-0.39, 0.29) is 5.82 Å². The van der Waals surface area contributed by atoms with Gasteiger partial charge in [-0.15, -0.1) is 0 Å². The van der Waals surface area contributed by atoms with Gasteiger partial charge in [-0.1, -0.05) is 19.9 Å². The fraction of sp³-hybridized carbons (Fsp3) is 0.538. The van der Waals surface area contributed by atoms with Crippen LogP contribution < -0.4 is 10.1 Å². The summed E-state index contributed by atoms with van der Waals surface area (Å²) in [5, 5.41) is 3.42. The molecule has 0 amide bonds. The van der Waals surface area contributed by atoms with E-state index < -0.39 is 0 Å². The van der Waals surface area contributed by atoms with E-state index in [0.29, 0.717) is 17.2 Å². The molecule has 0 saturated heterocycles. The minimum absolute atomic E-state index is 0.295. The highest BCUT2D eigenvalue weighted by atomic mass is 19.1. The monoisotopic (exact) mass is 223 g/mol. The van der Waals surface area contributed by atoms with Gasteiger partial charge in [-0.2, -0.15) is 0 Å². The molecule has 2 rings (SSSR count). The SMILES string of the molecule is COc1ccc(CNC2CC2(C)C)cc1F. The Morgan fingerprint density at radius 3 is 2.69 bits per heavy atom. The van der Waals surface area contributed by atoms with Crippen molar-refractivity contribution in [3.63, 3.8) is 0 Å². The Kier molecular flexibility index (Phi) is 2.89. The molecule has 0 aliphatic heterocycles. The normalized spacial score (nSPS) is 21.9. The van der Waals surface area contributed by atoms with Crippen LogP contribution in [0, 0.1) is 11.2 Å². The standard InChI is InChI=1S/C13H18FNO/c1-13(2)7-12(13)15-8-9-4-5-11(16-3)10(14)6-9/h4-6,12,15H,7-8H2,1-3H3. The Morgan fingerprint density at radius 1 is 1.50 bits per heavy atom. The van der Waals surface area contributed by atoms with Crippen LogP contribution in [0.15, 0.2) is 18.2 Å². The average Bonchev–Trinajstić information content (AvgIpc) is 2.84. The second kappa shape index (κ2) is 4.06. The Morgan fingerprint density at radius 2 is 2.19 bits per heavy atom. The van der Waals surface area contributed by atoms with Gasteiger partial charge in [0.25, 0.3) is 0 Å². The quantitative estimate of drug-likeness (QED) is 0.847. The third kappa shape index (κ3) is 2.35. The van der Waals surface area contributed by atoms with Crippen molar-refractivity contribution in [1.29, 1.82) is 0 Å². The van der Waals surface area contributed by atoms with E-state index in [1.165, 1.54) is 19.6 Å². The number of hydrogen-bond donors (Lipinski definition) is 1. The number of ether oxygens (including phenoxy) is 1. The first kappa shape index (κ1) is 11.4. The summed E-state index contributed by atoms with van der Waals surface area (Å²) in [5.74, 6) is 0.00681. The van der Waals surface area contributed by atoms with Crippen molar-refractivity contribution in [2.45, 2.75) is 32.9 Å². The van der Waals surface area contributed by atoms with Gasteiger partial charge in [-0.05, 0) is 29.5 Å². The zero-order valence-electron chi connectivity index (χ0n) is 10.0. The topological polar surface area (TPSA) is 21.3 Å². The van der Waals surface area contributed by atoms with Crippen molar-refractivity contribution in [2.24, 2.45) is 5.41 Å². The number of nitrogens with one attached hydrogen (secondary N) is 1. The zero-order chi connectivity index (χ0) is 11.8. The Balaban J connectivity index is 1.93. The number of hydrogen-bond acceptors (Lipinski definition) is 2. The van der Waals surface area contributed by atoms with Gasteiger partial charge in [0, 0.05) is 12.6 Å². The zero-order valence-corrected chi connectivity index (χ0v) is 10.0. The molecule has 0 bridgehead atoms. The van der Waals surface area contributed by atoms with Gasteiger partial charge in [0.05, 0.1) is 7.11 Å². The van der Waals surface area contributed by atoms with Crippen LogP contribution in [0.1, 0.15) is 25.8 Å². The largest absolute Gasteiger partial charge is 0.494 e. The molecule has 1 unspecified atom stereocenters. The number of halogens is 1. The van der Waals surface area contributed by atoms with E-state index >= 15 is 0 Å². The van der Waals surface area contributed by atoms with Gasteiger partial charge in [-0.3, -0.25) is 0 Å². The third-order valence-corrected chi connectivity index (χ3v) is 3.28. The molecule has 1 aromatic carbocycles. The van der Waals surface area contributed by atoms with Gasteiger partial charge in [-0.25, -0.2) is 4.39 Å². The first-order chi connectivity index (χ1) is 7.53. The van der Waals surface area contributed by atoms with Gasteiger partial charge in [0.15, 0.2) is 11.6 Å². The summed E-state index contributed by atoms with van der Waals surface area (Å²) in [4.78, 5) is 0. The molecule has 16 heavy (non-hydrogen) atoms. The molecule has 1 aliphatic carbocycles. The molecule has 1 atom stereocenters. The number of rotatable bonds is 4. The molecule has 1 saturated carbocycles. The van der Waals surface area contributed by atoms with Crippen LogP contribution >= 0.6 is 0 Å². The highest BCUT2D eigenvalue weighted by molar-refractivity contribution is 5.29. The van der Waals surface area contributed by atoms with Gasteiger partial charge in [0.2, 0.25) is 0 Å². The fourth-order valence-corrected chi connectivity index (χ4v) is 1.88. The van der Waals surface area contributed by atoms with Gasteiger partial charge < -0.3 is 10.1 Å². The lowest BCUT2D eigenvalue weighted by molar-refractivity contribution is 0.386. The minimum Gasteiger partial charge on any atom is -0.494 e. The number of benzene rings is 1. The third-order valence-electron chi connectivity index (χ3n) is 3.28. The molecule has 0 aromatic heterocycles. The van der Waals surface area contributed by atoms with E-state index in [2.05, 4.69) is 19.2 Å². The Hall–Kier alpha value is -1.09. The van der Waals surface area contributed by atoms with E-state index in [1.807, 2.05) is 6.07 Å². The van der Waals surface area contributed by atoms with Crippen molar-refractivity contribution < 1.29 is 9.13 Å². The number of methoxy groups -OCH3 is 1. The van der Waals surface area contributed by atoms with Crippen molar-refractivity contribution in [3.8, 4) is 5.75 Å². The van der Waals surface area contributed by atoms with Gasteiger partial charge in [0.1, 0.15) is 0 Å². The first-order valence-electron chi connectivity index (χ1n) is 5.59.